The second-order valence-corrected chi connectivity index (χ2v) is 3.77. The number of hydrogen-bond acceptors (Lipinski definition) is 2. The number of nitrogen functional groups attached to an aromatic ring is 1. The van der Waals surface area contributed by atoms with Crippen LogP contribution in [0, 0.1) is 0 Å². The monoisotopic (exact) mass is 212 g/mol. The van der Waals surface area contributed by atoms with E-state index in [0.717, 1.165) is 23.5 Å². The summed E-state index contributed by atoms with van der Waals surface area (Å²) >= 11 is 0. The van der Waals surface area contributed by atoms with Gasteiger partial charge in [0, 0.05) is 5.69 Å². The van der Waals surface area contributed by atoms with Gasteiger partial charge >= 0.3 is 0 Å². The number of hydrogen-bond donors (Lipinski definition) is 2. The maximum atomic E-state index is 5.88. The lowest BCUT2D eigenvalue weighted by atomic mass is 10.1. The Hall–Kier alpha value is -1.96. The maximum Gasteiger partial charge on any atom is 0.0617 e. The zero-order valence-electron chi connectivity index (χ0n) is 9.40. The van der Waals surface area contributed by atoms with Crippen LogP contribution in [0.1, 0.15) is 12.5 Å². The minimum atomic E-state index is 0.768. The molecule has 0 aliphatic carbocycles. The summed E-state index contributed by atoms with van der Waals surface area (Å²) in [6, 6.07) is 16.2. The molecule has 0 amide bonds. The highest BCUT2D eigenvalue weighted by atomic mass is 14.9. The summed E-state index contributed by atoms with van der Waals surface area (Å²) in [5.41, 5.74) is 10.00. The molecule has 0 spiro atoms. The second-order valence-electron chi connectivity index (χ2n) is 3.77. The zero-order valence-corrected chi connectivity index (χ0v) is 9.40. The van der Waals surface area contributed by atoms with E-state index in [0.29, 0.717) is 0 Å². The summed E-state index contributed by atoms with van der Waals surface area (Å²) in [5.74, 6) is 0. The van der Waals surface area contributed by atoms with Crippen molar-refractivity contribution in [3.63, 3.8) is 0 Å². The number of para-hydroxylation sites is 2. The molecule has 0 bridgehead atoms. The van der Waals surface area contributed by atoms with Crippen molar-refractivity contribution >= 4 is 17.1 Å². The first-order valence-corrected chi connectivity index (χ1v) is 5.50. The molecule has 2 rings (SSSR count). The smallest absolute Gasteiger partial charge is 0.0617 e. The third kappa shape index (κ3) is 2.34. The van der Waals surface area contributed by atoms with Gasteiger partial charge in [-0.25, -0.2) is 0 Å². The molecular weight excluding hydrogens is 196 g/mol. The molecule has 0 aliphatic rings. The van der Waals surface area contributed by atoms with Gasteiger partial charge in [-0.1, -0.05) is 31.2 Å². The van der Waals surface area contributed by atoms with Gasteiger partial charge < -0.3 is 11.1 Å². The van der Waals surface area contributed by atoms with Crippen LogP contribution in [-0.4, -0.2) is 0 Å². The third-order valence-electron chi connectivity index (χ3n) is 2.58. The Kier molecular flexibility index (Phi) is 3.10. The molecule has 3 N–H and O–H groups in total. The lowest BCUT2D eigenvalue weighted by Gasteiger charge is -2.09. The van der Waals surface area contributed by atoms with E-state index in [1.54, 1.807) is 0 Å². The summed E-state index contributed by atoms with van der Waals surface area (Å²) < 4.78 is 0. The molecule has 0 aromatic heterocycles. The van der Waals surface area contributed by atoms with Crippen LogP contribution in [0.2, 0.25) is 0 Å². The van der Waals surface area contributed by atoms with E-state index in [1.807, 2.05) is 30.3 Å². The molecule has 2 nitrogen and oxygen atoms in total. The number of nitrogens with one attached hydrogen (secondary N) is 1. The van der Waals surface area contributed by atoms with E-state index in [9.17, 15) is 0 Å². The van der Waals surface area contributed by atoms with Crippen LogP contribution in [0.4, 0.5) is 17.1 Å². The molecule has 0 radical (unpaired) electrons. The van der Waals surface area contributed by atoms with Crippen LogP contribution in [-0.2, 0) is 6.42 Å². The zero-order chi connectivity index (χ0) is 11.4. The molecule has 2 heteroatoms. The van der Waals surface area contributed by atoms with Gasteiger partial charge in [-0.05, 0) is 36.2 Å². The van der Waals surface area contributed by atoms with E-state index in [2.05, 4.69) is 30.4 Å². The lowest BCUT2D eigenvalue weighted by molar-refractivity contribution is 1.14. The Labute approximate surface area is 96.1 Å². The predicted octanol–water partition coefficient (Wildman–Crippen LogP) is 3.57. The Morgan fingerprint density at radius 3 is 2.62 bits per heavy atom. The Morgan fingerprint density at radius 1 is 1.06 bits per heavy atom. The Balaban J connectivity index is 2.24. The highest BCUT2D eigenvalue weighted by Crippen LogP contribution is 2.22. The van der Waals surface area contributed by atoms with Crippen LogP contribution < -0.4 is 11.1 Å². The van der Waals surface area contributed by atoms with E-state index < -0.39 is 0 Å². The van der Waals surface area contributed by atoms with Crippen LogP contribution >= 0.6 is 0 Å². The summed E-state index contributed by atoms with van der Waals surface area (Å²) in [6.07, 6.45) is 1.04. The first-order valence-electron chi connectivity index (χ1n) is 5.50. The van der Waals surface area contributed by atoms with Crippen LogP contribution in [0.3, 0.4) is 0 Å². The highest BCUT2D eigenvalue weighted by Gasteiger charge is 1.98. The van der Waals surface area contributed by atoms with Crippen LogP contribution in [0.15, 0.2) is 48.5 Å². The summed E-state index contributed by atoms with van der Waals surface area (Å²) in [4.78, 5) is 0. The van der Waals surface area contributed by atoms with Crippen molar-refractivity contribution in [3.05, 3.63) is 54.1 Å². The largest absolute Gasteiger partial charge is 0.397 e. The molecule has 82 valence electrons. The standard InChI is InChI=1S/C14H16N2/c1-2-11-6-5-7-12(10-11)16-14-9-4-3-8-13(14)15/h3-10,16H,2,15H2,1H3. The van der Waals surface area contributed by atoms with Crippen molar-refractivity contribution < 1.29 is 0 Å². The molecular formula is C14H16N2. The summed E-state index contributed by atoms with van der Waals surface area (Å²) in [7, 11) is 0. The molecule has 2 aromatic carbocycles. The Morgan fingerprint density at radius 2 is 1.88 bits per heavy atom. The van der Waals surface area contributed by atoms with E-state index in [-0.39, 0.29) is 0 Å². The van der Waals surface area contributed by atoms with Crippen molar-refractivity contribution in [2.45, 2.75) is 13.3 Å². The maximum absolute atomic E-state index is 5.88. The van der Waals surface area contributed by atoms with Gasteiger partial charge in [-0.15, -0.1) is 0 Å². The normalized spacial score (nSPS) is 10.1. The summed E-state index contributed by atoms with van der Waals surface area (Å²) in [6.45, 7) is 2.15. The Bertz CT molecular complexity index is 478. The van der Waals surface area contributed by atoms with E-state index in [4.69, 9.17) is 5.73 Å². The van der Waals surface area contributed by atoms with Crippen molar-refractivity contribution in [3.8, 4) is 0 Å². The minimum Gasteiger partial charge on any atom is -0.397 e. The fourth-order valence-electron chi connectivity index (χ4n) is 1.64. The number of nitrogens with two attached hydrogens (primary N) is 1. The van der Waals surface area contributed by atoms with Crippen molar-refractivity contribution in [2.75, 3.05) is 11.1 Å². The number of aryl methyl sites for hydroxylation is 1. The number of anilines is 3. The second kappa shape index (κ2) is 4.71. The lowest BCUT2D eigenvalue weighted by Crippen LogP contribution is -1.96. The average Bonchev–Trinajstić information content (AvgIpc) is 2.32. The molecule has 16 heavy (non-hydrogen) atoms. The van der Waals surface area contributed by atoms with E-state index >= 15 is 0 Å². The number of rotatable bonds is 3. The SMILES string of the molecule is CCc1cccc(Nc2ccccc2N)c1. The molecule has 0 saturated heterocycles. The van der Waals surface area contributed by atoms with Gasteiger partial charge in [0.15, 0.2) is 0 Å². The van der Waals surface area contributed by atoms with Crippen molar-refractivity contribution in [2.24, 2.45) is 0 Å². The van der Waals surface area contributed by atoms with Gasteiger partial charge in [0.1, 0.15) is 0 Å². The molecule has 0 atom stereocenters. The predicted molar refractivity (Wildman–Crippen MR) is 70.0 cm³/mol. The number of benzene rings is 2. The third-order valence-corrected chi connectivity index (χ3v) is 2.58. The van der Waals surface area contributed by atoms with Gasteiger partial charge in [0.2, 0.25) is 0 Å². The molecule has 2 aromatic rings. The highest BCUT2D eigenvalue weighted by molar-refractivity contribution is 5.72. The topological polar surface area (TPSA) is 38.0 Å². The fraction of sp³-hybridized carbons (Fsp3) is 0.143. The average molecular weight is 212 g/mol. The molecule has 0 aliphatic heterocycles. The van der Waals surface area contributed by atoms with Gasteiger partial charge in [0.05, 0.1) is 11.4 Å². The molecule has 0 saturated carbocycles. The van der Waals surface area contributed by atoms with Crippen LogP contribution in [0.25, 0.3) is 0 Å². The van der Waals surface area contributed by atoms with Crippen molar-refractivity contribution in [1.29, 1.82) is 0 Å². The fourth-order valence-corrected chi connectivity index (χ4v) is 1.64. The first-order chi connectivity index (χ1) is 7.79. The summed E-state index contributed by atoms with van der Waals surface area (Å²) in [5, 5.41) is 3.32. The quantitative estimate of drug-likeness (QED) is 0.763. The minimum absolute atomic E-state index is 0.768. The van der Waals surface area contributed by atoms with Gasteiger partial charge in [0.25, 0.3) is 0 Å². The molecule has 0 heterocycles. The molecule has 0 fully saturated rings. The van der Waals surface area contributed by atoms with Crippen LogP contribution in [0.5, 0.6) is 0 Å². The van der Waals surface area contributed by atoms with Gasteiger partial charge in [-0.2, -0.15) is 0 Å². The molecule has 0 unspecified atom stereocenters. The van der Waals surface area contributed by atoms with Crippen molar-refractivity contribution in [1.82, 2.24) is 0 Å². The first kappa shape index (κ1) is 10.6. The van der Waals surface area contributed by atoms with E-state index in [1.165, 1.54) is 5.56 Å². The van der Waals surface area contributed by atoms with Gasteiger partial charge in [-0.3, -0.25) is 0 Å².